The molecule has 0 spiro atoms. The molecule has 1 aromatic heterocycles. The van der Waals surface area contributed by atoms with Gasteiger partial charge in [0.05, 0.1) is 18.4 Å². The predicted octanol–water partition coefficient (Wildman–Crippen LogP) is 3.82. The van der Waals surface area contributed by atoms with E-state index >= 15 is 0 Å². The number of ether oxygens (including phenoxy) is 1. The van der Waals surface area contributed by atoms with Crippen LogP contribution in [0.5, 0.6) is 5.75 Å². The normalized spacial score (nSPS) is 11.2. The standard InChI is InChI=1S/C19H23NO4/c1-11-9-16(21)24-12(2)17(11)18(22)20-14-10-13(19(3,4)5)7-8-15(14)23-6/h7-10H,1-6H3,(H,20,22). The molecular weight excluding hydrogens is 306 g/mol. The number of amides is 1. The van der Waals surface area contributed by atoms with E-state index in [0.29, 0.717) is 28.3 Å². The number of hydrogen-bond donors (Lipinski definition) is 1. The van der Waals surface area contributed by atoms with Crippen molar-refractivity contribution in [1.29, 1.82) is 0 Å². The number of hydrogen-bond acceptors (Lipinski definition) is 4. The molecule has 5 heteroatoms. The minimum Gasteiger partial charge on any atom is -0.495 e. The lowest BCUT2D eigenvalue weighted by Gasteiger charge is -2.21. The van der Waals surface area contributed by atoms with Crippen molar-refractivity contribution >= 4 is 11.6 Å². The SMILES string of the molecule is COc1ccc(C(C)(C)C)cc1NC(=O)c1c(C)cc(=O)oc1C. The molecule has 0 aliphatic carbocycles. The zero-order valence-corrected chi connectivity index (χ0v) is 14.9. The second-order valence-corrected chi connectivity index (χ2v) is 6.80. The maximum absolute atomic E-state index is 12.7. The van der Waals surface area contributed by atoms with E-state index in [-0.39, 0.29) is 11.3 Å². The molecule has 0 fully saturated rings. The summed E-state index contributed by atoms with van der Waals surface area (Å²) in [6.45, 7) is 9.61. The van der Waals surface area contributed by atoms with Gasteiger partial charge in [-0.25, -0.2) is 4.79 Å². The third kappa shape index (κ3) is 3.67. The van der Waals surface area contributed by atoms with Gasteiger partial charge in [-0.3, -0.25) is 4.79 Å². The third-order valence-corrected chi connectivity index (χ3v) is 3.88. The van der Waals surface area contributed by atoms with E-state index in [0.717, 1.165) is 5.56 Å². The Morgan fingerprint density at radius 2 is 1.83 bits per heavy atom. The fourth-order valence-corrected chi connectivity index (χ4v) is 2.55. The van der Waals surface area contributed by atoms with E-state index in [9.17, 15) is 9.59 Å². The lowest BCUT2D eigenvalue weighted by Crippen LogP contribution is -2.18. The van der Waals surface area contributed by atoms with Crippen molar-refractivity contribution in [3.05, 3.63) is 57.1 Å². The van der Waals surface area contributed by atoms with Crippen LogP contribution in [0.25, 0.3) is 0 Å². The van der Waals surface area contributed by atoms with Gasteiger partial charge in [-0.15, -0.1) is 0 Å². The Bertz CT molecular complexity index is 802. The number of benzene rings is 1. The average Bonchev–Trinajstić information content (AvgIpc) is 2.45. The van der Waals surface area contributed by atoms with Crippen molar-refractivity contribution in [1.82, 2.24) is 0 Å². The molecular formula is C19H23NO4. The van der Waals surface area contributed by atoms with Gasteiger partial charge in [-0.2, -0.15) is 0 Å². The van der Waals surface area contributed by atoms with E-state index in [1.165, 1.54) is 6.07 Å². The quantitative estimate of drug-likeness (QED) is 0.929. The van der Waals surface area contributed by atoms with Gasteiger partial charge in [0.15, 0.2) is 0 Å². The molecule has 2 rings (SSSR count). The predicted molar refractivity (Wildman–Crippen MR) is 94.1 cm³/mol. The van der Waals surface area contributed by atoms with Crippen LogP contribution in [0.3, 0.4) is 0 Å². The zero-order valence-electron chi connectivity index (χ0n) is 14.9. The van der Waals surface area contributed by atoms with Crippen molar-refractivity contribution in [2.45, 2.75) is 40.0 Å². The van der Waals surface area contributed by atoms with Gasteiger partial charge >= 0.3 is 5.63 Å². The molecule has 0 aliphatic rings. The average molecular weight is 329 g/mol. The maximum atomic E-state index is 12.7. The summed E-state index contributed by atoms with van der Waals surface area (Å²) in [5.41, 5.74) is 2.07. The van der Waals surface area contributed by atoms with Crippen molar-refractivity contribution in [2.24, 2.45) is 0 Å². The first-order valence-corrected chi connectivity index (χ1v) is 7.74. The van der Waals surface area contributed by atoms with Gasteiger partial charge in [0.1, 0.15) is 11.5 Å². The van der Waals surface area contributed by atoms with Crippen LogP contribution in [0.2, 0.25) is 0 Å². The molecule has 24 heavy (non-hydrogen) atoms. The number of anilines is 1. The number of nitrogens with one attached hydrogen (secondary N) is 1. The minimum absolute atomic E-state index is 0.0584. The lowest BCUT2D eigenvalue weighted by molar-refractivity contribution is 0.102. The van der Waals surface area contributed by atoms with Crippen LogP contribution in [0.15, 0.2) is 33.5 Å². The second kappa shape index (κ2) is 6.51. The molecule has 0 bridgehead atoms. The Morgan fingerprint density at radius 1 is 1.17 bits per heavy atom. The largest absolute Gasteiger partial charge is 0.495 e. The fraction of sp³-hybridized carbons (Fsp3) is 0.368. The molecule has 128 valence electrons. The Morgan fingerprint density at radius 3 is 2.38 bits per heavy atom. The van der Waals surface area contributed by atoms with Crippen LogP contribution in [0.4, 0.5) is 5.69 Å². The van der Waals surface area contributed by atoms with Gasteiger partial charge in [-0.1, -0.05) is 26.8 Å². The Kier molecular flexibility index (Phi) is 4.83. The van der Waals surface area contributed by atoms with Crippen LogP contribution in [0.1, 0.15) is 48.0 Å². The molecule has 1 amide bonds. The summed E-state index contributed by atoms with van der Waals surface area (Å²) in [6, 6.07) is 7.03. The number of carbonyl (C=O) groups is 1. The molecule has 0 saturated heterocycles. The van der Waals surface area contributed by atoms with E-state index < -0.39 is 5.63 Å². The molecule has 1 N–H and O–H groups in total. The summed E-state index contributed by atoms with van der Waals surface area (Å²) in [6.07, 6.45) is 0. The van der Waals surface area contributed by atoms with E-state index in [2.05, 4.69) is 26.1 Å². The summed E-state index contributed by atoms with van der Waals surface area (Å²) < 4.78 is 10.4. The molecule has 0 aliphatic heterocycles. The number of carbonyl (C=O) groups excluding carboxylic acids is 1. The number of rotatable bonds is 3. The monoisotopic (exact) mass is 329 g/mol. The summed E-state index contributed by atoms with van der Waals surface area (Å²) in [7, 11) is 1.56. The van der Waals surface area contributed by atoms with Crippen LogP contribution in [-0.4, -0.2) is 13.0 Å². The summed E-state index contributed by atoms with van der Waals surface area (Å²) in [5, 5.41) is 2.87. The van der Waals surface area contributed by atoms with Crippen LogP contribution in [0, 0.1) is 13.8 Å². The molecule has 0 saturated carbocycles. The van der Waals surface area contributed by atoms with Gasteiger partial charge in [-0.05, 0) is 42.5 Å². The van der Waals surface area contributed by atoms with E-state index in [1.807, 2.05) is 18.2 Å². The highest BCUT2D eigenvalue weighted by atomic mass is 16.5. The first-order valence-electron chi connectivity index (χ1n) is 7.74. The molecule has 0 unspecified atom stereocenters. The van der Waals surface area contributed by atoms with Gasteiger partial charge in [0, 0.05) is 6.07 Å². The highest BCUT2D eigenvalue weighted by Crippen LogP contribution is 2.32. The number of methoxy groups -OCH3 is 1. The van der Waals surface area contributed by atoms with Crippen molar-refractivity contribution in [3.63, 3.8) is 0 Å². The Labute approximate surface area is 141 Å². The van der Waals surface area contributed by atoms with Crippen molar-refractivity contribution in [2.75, 3.05) is 12.4 Å². The summed E-state index contributed by atoms with van der Waals surface area (Å²) in [5.74, 6) is 0.533. The minimum atomic E-state index is -0.464. The zero-order chi connectivity index (χ0) is 18.1. The lowest BCUT2D eigenvalue weighted by atomic mass is 9.87. The molecule has 5 nitrogen and oxygen atoms in total. The molecule has 1 aromatic carbocycles. The highest BCUT2D eigenvalue weighted by molar-refractivity contribution is 6.06. The smallest absolute Gasteiger partial charge is 0.336 e. The van der Waals surface area contributed by atoms with Crippen LogP contribution >= 0.6 is 0 Å². The van der Waals surface area contributed by atoms with Crippen molar-refractivity contribution < 1.29 is 13.9 Å². The molecule has 0 radical (unpaired) electrons. The molecule has 2 aromatic rings. The van der Waals surface area contributed by atoms with Crippen molar-refractivity contribution in [3.8, 4) is 5.75 Å². The Hall–Kier alpha value is -2.56. The second-order valence-electron chi connectivity index (χ2n) is 6.80. The first kappa shape index (κ1) is 17.8. The fourth-order valence-electron chi connectivity index (χ4n) is 2.55. The van der Waals surface area contributed by atoms with Gasteiger partial charge in [0.25, 0.3) is 5.91 Å². The topological polar surface area (TPSA) is 68.5 Å². The molecule has 0 atom stereocenters. The summed E-state index contributed by atoms with van der Waals surface area (Å²) >= 11 is 0. The third-order valence-electron chi connectivity index (χ3n) is 3.88. The maximum Gasteiger partial charge on any atom is 0.336 e. The van der Waals surface area contributed by atoms with Crippen LogP contribution < -0.4 is 15.7 Å². The van der Waals surface area contributed by atoms with E-state index in [4.69, 9.17) is 9.15 Å². The highest BCUT2D eigenvalue weighted by Gasteiger charge is 2.20. The Balaban J connectivity index is 2.44. The molecule has 1 heterocycles. The van der Waals surface area contributed by atoms with Crippen LogP contribution in [-0.2, 0) is 5.41 Å². The van der Waals surface area contributed by atoms with E-state index in [1.54, 1.807) is 21.0 Å². The number of aryl methyl sites for hydroxylation is 2. The van der Waals surface area contributed by atoms with Gasteiger partial charge < -0.3 is 14.5 Å². The van der Waals surface area contributed by atoms with Gasteiger partial charge in [0.2, 0.25) is 0 Å². The summed E-state index contributed by atoms with van der Waals surface area (Å²) in [4.78, 5) is 24.0. The first-order chi connectivity index (χ1) is 11.1.